The van der Waals surface area contributed by atoms with Crippen molar-refractivity contribution in [2.45, 2.75) is 26.5 Å². The zero-order valence-electron chi connectivity index (χ0n) is 13.0. The average Bonchev–Trinajstić information content (AvgIpc) is 2.53. The van der Waals surface area contributed by atoms with Gasteiger partial charge < -0.3 is 4.74 Å². The predicted molar refractivity (Wildman–Crippen MR) is 85.5 cm³/mol. The molecule has 5 nitrogen and oxygen atoms in total. The SMILES string of the molecule is CC(C)OC(=NCc1cccnc1)NC(=O)c1ccccc1F. The van der Waals surface area contributed by atoms with Gasteiger partial charge in [-0.1, -0.05) is 18.2 Å². The molecule has 1 aromatic carbocycles. The van der Waals surface area contributed by atoms with Crippen LogP contribution in [0, 0.1) is 5.82 Å². The van der Waals surface area contributed by atoms with Crippen LogP contribution in [0.2, 0.25) is 0 Å². The second-order valence-electron chi connectivity index (χ2n) is 5.08. The molecule has 2 rings (SSSR count). The van der Waals surface area contributed by atoms with Crippen molar-refractivity contribution >= 4 is 11.9 Å². The third-order valence-corrected chi connectivity index (χ3v) is 2.81. The monoisotopic (exact) mass is 315 g/mol. The fourth-order valence-electron chi connectivity index (χ4n) is 1.79. The van der Waals surface area contributed by atoms with E-state index in [2.05, 4.69) is 15.3 Å². The maximum Gasteiger partial charge on any atom is 0.292 e. The van der Waals surface area contributed by atoms with Crippen LogP contribution in [0.3, 0.4) is 0 Å². The molecule has 0 aliphatic carbocycles. The summed E-state index contributed by atoms with van der Waals surface area (Å²) in [6.45, 7) is 3.93. The molecule has 0 unspecified atom stereocenters. The van der Waals surface area contributed by atoms with Crippen LogP contribution in [0.4, 0.5) is 4.39 Å². The number of pyridine rings is 1. The molecule has 0 fully saturated rings. The summed E-state index contributed by atoms with van der Waals surface area (Å²) in [4.78, 5) is 20.4. The van der Waals surface area contributed by atoms with Gasteiger partial charge in [0.1, 0.15) is 5.82 Å². The minimum absolute atomic E-state index is 0.0529. The number of nitrogens with zero attached hydrogens (tertiary/aromatic N) is 2. The first-order chi connectivity index (χ1) is 11.1. The van der Waals surface area contributed by atoms with Crippen LogP contribution in [0.15, 0.2) is 53.8 Å². The predicted octanol–water partition coefficient (Wildman–Crippen LogP) is 2.93. The van der Waals surface area contributed by atoms with E-state index in [9.17, 15) is 9.18 Å². The van der Waals surface area contributed by atoms with Gasteiger partial charge in [0.2, 0.25) is 0 Å². The molecule has 23 heavy (non-hydrogen) atoms. The Morgan fingerprint density at radius 3 is 2.74 bits per heavy atom. The lowest BCUT2D eigenvalue weighted by atomic mass is 10.2. The zero-order valence-corrected chi connectivity index (χ0v) is 13.0. The summed E-state index contributed by atoms with van der Waals surface area (Å²) < 4.78 is 19.1. The molecule has 0 radical (unpaired) electrons. The summed E-state index contributed by atoms with van der Waals surface area (Å²) in [7, 11) is 0. The number of amides is 1. The number of benzene rings is 1. The molecule has 0 aliphatic rings. The molecule has 0 spiro atoms. The normalized spacial score (nSPS) is 11.4. The highest BCUT2D eigenvalue weighted by atomic mass is 19.1. The maximum absolute atomic E-state index is 13.7. The number of carbonyl (C=O) groups excluding carboxylic acids is 1. The lowest BCUT2D eigenvalue weighted by Gasteiger charge is -2.13. The molecular formula is C17H18FN3O2. The molecule has 0 bridgehead atoms. The van der Waals surface area contributed by atoms with Crippen LogP contribution >= 0.6 is 0 Å². The molecular weight excluding hydrogens is 297 g/mol. The van der Waals surface area contributed by atoms with Crippen molar-refractivity contribution in [3.8, 4) is 0 Å². The summed E-state index contributed by atoms with van der Waals surface area (Å²) in [5, 5.41) is 2.50. The maximum atomic E-state index is 13.7. The smallest absolute Gasteiger partial charge is 0.292 e. The highest BCUT2D eigenvalue weighted by molar-refractivity contribution is 6.04. The van der Waals surface area contributed by atoms with E-state index in [1.807, 2.05) is 19.9 Å². The first-order valence-electron chi connectivity index (χ1n) is 7.22. The summed E-state index contributed by atoms with van der Waals surface area (Å²) in [6.07, 6.45) is 3.16. The molecule has 1 aromatic heterocycles. The number of carbonyl (C=O) groups is 1. The number of hydrogen-bond donors (Lipinski definition) is 1. The Morgan fingerprint density at radius 1 is 1.30 bits per heavy atom. The van der Waals surface area contributed by atoms with E-state index < -0.39 is 11.7 Å². The van der Waals surface area contributed by atoms with Crippen LogP contribution < -0.4 is 5.32 Å². The number of aliphatic imine (C=N–C) groups is 1. The number of ether oxygens (including phenoxy) is 1. The molecule has 1 N–H and O–H groups in total. The van der Waals surface area contributed by atoms with Crippen LogP contribution in [0.1, 0.15) is 29.8 Å². The molecule has 1 amide bonds. The van der Waals surface area contributed by atoms with Crippen molar-refractivity contribution in [1.82, 2.24) is 10.3 Å². The lowest BCUT2D eigenvalue weighted by Crippen LogP contribution is -2.34. The van der Waals surface area contributed by atoms with Gasteiger partial charge in [-0.05, 0) is 37.6 Å². The van der Waals surface area contributed by atoms with Crippen molar-refractivity contribution < 1.29 is 13.9 Å². The van der Waals surface area contributed by atoms with Gasteiger partial charge in [-0.25, -0.2) is 9.38 Å². The molecule has 1 heterocycles. The quantitative estimate of drug-likeness (QED) is 0.697. The van der Waals surface area contributed by atoms with Gasteiger partial charge in [0.05, 0.1) is 18.2 Å². The first-order valence-corrected chi connectivity index (χ1v) is 7.22. The van der Waals surface area contributed by atoms with Crippen LogP contribution in [0.5, 0.6) is 0 Å². The Kier molecular flexibility index (Phi) is 5.80. The largest absolute Gasteiger partial charge is 0.462 e. The summed E-state index contributed by atoms with van der Waals surface area (Å²) in [6, 6.07) is 9.45. The molecule has 2 aromatic rings. The Labute approximate surface area is 134 Å². The lowest BCUT2D eigenvalue weighted by molar-refractivity contribution is 0.0955. The van der Waals surface area contributed by atoms with E-state index in [4.69, 9.17) is 4.74 Å². The van der Waals surface area contributed by atoms with E-state index in [0.29, 0.717) is 6.54 Å². The standard InChI is InChI=1S/C17H18FN3O2/c1-12(2)23-17(20-11-13-6-5-9-19-10-13)21-16(22)14-7-3-4-8-15(14)18/h3-10,12H,11H2,1-2H3,(H,20,21,22). The van der Waals surface area contributed by atoms with E-state index in [1.54, 1.807) is 24.5 Å². The fraction of sp³-hybridized carbons (Fsp3) is 0.235. The third-order valence-electron chi connectivity index (χ3n) is 2.81. The molecule has 0 aliphatic heterocycles. The topological polar surface area (TPSA) is 63.6 Å². The van der Waals surface area contributed by atoms with Crippen molar-refractivity contribution in [2.24, 2.45) is 4.99 Å². The van der Waals surface area contributed by atoms with E-state index in [-0.39, 0.29) is 17.7 Å². The van der Waals surface area contributed by atoms with E-state index in [1.165, 1.54) is 18.2 Å². The Balaban J connectivity index is 2.12. The summed E-state index contributed by atoms with van der Waals surface area (Å²) >= 11 is 0. The van der Waals surface area contributed by atoms with Crippen LogP contribution in [-0.2, 0) is 11.3 Å². The van der Waals surface area contributed by atoms with Crippen molar-refractivity contribution in [3.63, 3.8) is 0 Å². The van der Waals surface area contributed by atoms with Gasteiger partial charge in [0.25, 0.3) is 11.9 Å². The third kappa shape index (κ3) is 5.18. The molecule has 6 heteroatoms. The van der Waals surface area contributed by atoms with Crippen molar-refractivity contribution in [2.75, 3.05) is 0 Å². The highest BCUT2D eigenvalue weighted by Crippen LogP contribution is 2.06. The number of halogens is 1. The Hall–Kier alpha value is -2.76. The van der Waals surface area contributed by atoms with Crippen molar-refractivity contribution in [1.29, 1.82) is 0 Å². The number of hydrogen-bond acceptors (Lipinski definition) is 4. The van der Waals surface area contributed by atoms with Crippen LogP contribution in [-0.4, -0.2) is 23.0 Å². The second-order valence-corrected chi connectivity index (χ2v) is 5.08. The first kappa shape index (κ1) is 16.6. The molecule has 0 saturated carbocycles. The molecule has 120 valence electrons. The highest BCUT2D eigenvalue weighted by Gasteiger charge is 2.14. The Bertz CT molecular complexity index is 687. The van der Waals surface area contributed by atoms with E-state index in [0.717, 1.165) is 5.56 Å². The van der Waals surface area contributed by atoms with Crippen LogP contribution in [0.25, 0.3) is 0 Å². The fourth-order valence-corrected chi connectivity index (χ4v) is 1.79. The number of aromatic nitrogens is 1. The van der Waals surface area contributed by atoms with Gasteiger partial charge in [0.15, 0.2) is 0 Å². The minimum Gasteiger partial charge on any atom is -0.462 e. The van der Waals surface area contributed by atoms with Gasteiger partial charge >= 0.3 is 0 Å². The van der Waals surface area contributed by atoms with E-state index >= 15 is 0 Å². The van der Waals surface area contributed by atoms with Gasteiger partial charge in [-0.2, -0.15) is 0 Å². The molecule has 0 saturated heterocycles. The number of nitrogens with one attached hydrogen (secondary N) is 1. The summed E-state index contributed by atoms with van der Waals surface area (Å²) in [5.74, 6) is -1.20. The number of amidine groups is 1. The van der Waals surface area contributed by atoms with Gasteiger partial charge in [-0.15, -0.1) is 0 Å². The average molecular weight is 315 g/mol. The zero-order chi connectivity index (χ0) is 16.7. The summed E-state index contributed by atoms with van der Waals surface area (Å²) in [5.41, 5.74) is 0.812. The Morgan fingerprint density at radius 2 is 2.09 bits per heavy atom. The second kappa shape index (κ2) is 8.03. The van der Waals surface area contributed by atoms with Crippen molar-refractivity contribution in [3.05, 3.63) is 65.7 Å². The molecule has 0 atom stereocenters. The van der Waals surface area contributed by atoms with Gasteiger partial charge in [0, 0.05) is 12.4 Å². The minimum atomic E-state index is -0.603. The number of rotatable bonds is 4. The van der Waals surface area contributed by atoms with Gasteiger partial charge in [-0.3, -0.25) is 15.1 Å².